The predicted octanol–water partition coefficient (Wildman–Crippen LogP) is 4.50. The summed E-state index contributed by atoms with van der Waals surface area (Å²) in [6.45, 7) is 17.0. The molecule has 4 aliphatic rings. The highest BCUT2D eigenvalue weighted by molar-refractivity contribution is 4.96. The Kier molecular flexibility index (Phi) is 5.14. The van der Waals surface area contributed by atoms with Crippen molar-refractivity contribution < 1.29 is 0 Å². The first-order chi connectivity index (χ1) is 10.8. The molecule has 2 nitrogen and oxygen atoms in total. The molecule has 134 valence electrons. The molecule has 4 aliphatic heterocycles. The Morgan fingerprint density at radius 3 is 2.00 bits per heavy atom. The normalized spacial score (nSPS) is 34.0. The van der Waals surface area contributed by atoms with Crippen molar-refractivity contribution in [3.8, 4) is 0 Å². The average Bonchev–Trinajstić information content (AvgIpc) is 2.49. The standard InChI is InChI=1S/C21H40N2/c1-20(2,14-17-6-10-22(5)11-7-17)16-21(3,4)19-15-23-12-8-18(19)9-13-23/h17-19H,6-16H2,1-5H3. The van der Waals surface area contributed by atoms with Crippen LogP contribution >= 0.6 is 0 Å². The van der Waals surface area contributed by atoms with Crippen LogP contribution in [0.3, 0.4) is 0 Å². The molecule has 4 saturated heterocycles. The predicted molar refractivity (Wildman–Crippen MR) is 99.7 cm³/mol. The van der Waals surface area contributed by atoms with Gasteiger partial charge in [-0.3, -0.25) is 0 Å². The van der Waals surface area contributed by atoms with Gasteiger partial charge in [-0.25, -0.2) is 0 Å². The number of piperidine rings is 4. The second-order valence-electron chi connectivity index (χ2n) is 10.5. The first kappa shape index (κ1) is 17.7. The fraction of sp³-hybridized carbons (Fsp3) is 1.00. The zero-order valence-electron chi connectivity index (χ0n) is 16.4. The number of fused-ring (bicyclic) bond motifs is 3. The summed E-state index contributed by atoms with van der Waals surface area (Å²) < 4.78 is 0. The van der Waals surface area contributed by atoms with Gasteiger partial charge in [0.15, 0.2) is 0 Å². The Hall–Kier alpha value is -0.0800. The maximum atomic E-state index is 2.73. The van der Waals surface area contributed by atoms with E-state index in [0.29, 0.717) is 10.8 Å². The number of rotatable bonds is 5. The van der Waals surface area contributed by atoms with E-state index in [0.717, 1.165) is 17.8 Å². The maximum absolute atomic E-state index is 2.73. The van der Waals surface area contributed by atoms with Crippen molar-refractivity contribution in [2.45, 2.75) is 66.2 Å². The van der Waals surface area contributed by atoms with Crippen LogP contribution in [0.2, 0.25) is 0 Å². The zero-order valence-corrected chi connectivity index (χ0v) is 16.4. The van der Waals surface area contributed by atoms with E-state index < -0.39 is 0 Å². The van der Waals surface area contributed by atoms with Gasteiger partial charge in [0.25, 0.3) is 0 Å². The van der Waals surface area contributed by atoms with E-state index in [4.69, 9.17) is 0 Å². The molecule has 4 fully saturated rings. The lowest BCUT2D eigenvalue weighted by Crippen LogP contribution is -2.52. The van der Waals surface area contributed by atoms with Gasteiger partial charge in [-0.2, -0.15) is 0 Å². The third-order valence-electron chi connectivity index (χ3n) is 7.27. The van der Waals surface area contributed by atoms with Crippen molar-refractivity contribution in [3.63, 3.8) is 0 Å². The molecule has 23 heavy (non-hydrogen) atoms. The molecule has 1 atom stereocenters. The Morgan fingerprint density at radius 2 is 1.48 bits per heavy atom. The smallest absolute Gasteiger partial charge is 0.00174 e. The van der Waals surface area contributed by atoms with Crippen LogP contribution in [0.25, 0.3) is 0 Å². The summed E-state index contributed by atoms with van der Waals surface area (Å²) in [5.74, 6) is 2.90. The highest BCUT2D eigenvalue weighted by Crippen LogP contribution is 2.49. The molecule has 0 radical (unpaired) electrons. The van der Waals surface area contributed by atoms with Gasteiger partial charge in [0.1, 0.15) is 0 Å². The van der Waals surface area contributed by atoms with E-state index in [1.807, 2.05) is 0 Å². The van der Waals surface area contributed by atoms with E-state index in [9.17, 15) is 0 Å². The molecule has 4 heterocycles. The average molecular weight is 321 g/mol. The van der Waals surface area contributed by atoms with Gasteiger partial charge in [0.2, 0.25) is 0 Å². The Labute approximate surface area is 145 Å². The van der Waals surface area contributed by atoms with Crippen molar-refractivity contribution in [3.05, 3.63) is 0 Å². The van der Waals surface area contributed by atoms with Crippen molar-refractivity contribution in [2.75, 3.05) is 39.8 Å². The number of nitrogens with zero attached hydrogens (tertiary/aromatic N) is 2. The Balaban J connectivity index is 1.57. The molecular formula is C21H40N2. The van der Waals surface area contributed by atoms with E-state index in [1.54, 1.807) is 0 Å². The highest BCUT2D eigenvalue weighted by atomic mass is 15.1. The van der Waals surface area contributed by atoms with Gasteiger partial charge in [-0.15, -0.1) is 0 Å². The Bertz CT molecular complexity index is 385. The minimum Gasteiger partial charge on any atom is -0.306 e. The van der Waals surface area contributed by atoms with E-state index in [1.165, 1.54) is 71.2 Å². The molecule has 0 aromatic rings. The molecule has 1 unspecified atom stereocenters. The highest BCUT2D eigenvalue weighted by Gasteiger charge is 2.44. The lowest BCUT2D eigenvalue weighted by molar-refractivity contribution is -0.0335. The van der Waals surface area contributed by atoms with Gasteiger partial charge < -0.3 is 9.80 Å². The third-order valence-corrected chi connectivity index (χ3v) is 7.27. The van der Waals surface area contributed by atoms with E-state index >= 15 is 0 Å². The molecule has 2 bridgehead atoms. The summed E-state index contributed by atoms with van der Waals surface area (Å²) in [5, 5.41) is 0. The minimum absolute atomic E-state index is 0.496. The monoisotopic (exact) mass is 320 g/mol. The fourth-order valence-electron chi connectivity index (χ4n) is 6.33. The molecule has 0 amide bonds. The molecule has 4 rings (SSSR count). The molecule has 2 heteroatoms. The van der Waals surface area contributed by atoms with Crippen molar-refractivity contribution in [1.29, 1.82) is 0 Å². The van der Waals surface area contributed by atoms with Crippen LogP contribution in [0.5, 0.6) is 0 Å². The summed E-state index contributed by atoms with van der Waals surface area (Å²) in [6, 6.07) is 0. The summed E-state index contributed by atoms with van der Waals surface area (Å²) in [6.07, 6.45) is 8.60. The van der Waals surface area contributed by atoms with Crippen LogP contribution in [0.1, 0.15) is 66.2 Å². The largest absolute Gasteiger partial charge is 0.306 e. The van der Waals surface area contributed by atoms with Gasteiger partial charge in [-0.1, -0.05) is 27.7 Å². The third kappa shape index (κ3) is 4.31. The zero-order chi connectivity index (χ0) is 16.7. The number of hydrogen-bond acceptors (Lipinski definition) is 2. The quantitative estimate of drug-likeness (QED) is 0.736. The molecule has 0 aliphatic carbocycles. The molecule has 0 saturated carbocycles. The second kappa shape index (κ2) is 6.67. The van der Waals surface area contributed by atoms with Crippen molar-refractivity contribution in [1.82, 2.24) is 9.80 Å². The van der Waals surface area contributed by atoms with Crippen LogP contribution in [0.15, 0.2) is 0 Å². The van der Waals surface area contributed by atoms with Gasteiger partial charge in [0.05, 0.1) is 0 Å². The topological polar surface area (TPSA) is 6.48 Å². The molecule has 0 N–H and O–H groups in total. The van der Waals surface area contributed by atoms with Crippen LogP contribution in [0.4, 0.5) is 0 Å². The van der Waals surface area contributed by atoms with Crippen LogP contribution in [0, 0.1) is 28.6 Å². The molecule has 0 aromatic carbocycles. The molecule has 0 aromatic heterocycles. The summed E-state index contributed by atoms with van der Waals surface area (Å²) in [7, 11) is 2.28. The van der Waals surface area contributed by atoms with Crippen molar-refractivity contribution >= 4 is 0 Å². The first-order valence-electron chi connectivity index (χ1n) is 10.2. The minimum atomic E-state index is 0.496. The van der Waals surface area contributed by atoms with E-state index in [-0.39, 0.29) is 0 Å². The molecule has 0 spiro atoms. The number of likely N-dealkylation sites (tertiary alicyclic amines) is 1. The van der Waals surface area contributed by atoms with Crippen LogP contribution < -0.4 is 0 Å². The maximum Gasteiger partial charge on any atom is 0.00174 e. The van der Waals surface area contributed by atoms with Crippen molar-refractivity contribution in [2.24, 2.45) is 28.6 Å². The lowest BCUT2D eigenvalue weighted by Gasteiger charge is -2.53. The summed E-state index contributed by atoms with van der Waals surface area (Å²) >= 11 is 0. The molecular weight excluding hydrogens is 280 g/mol. The summed E-state index contributed by atoms with van der Waals surface area (Å²) in [5.41, 5.74) is 0.995. The van der Waals surface area contributed by atoms with E-state index in [2.05, 4.69) is 44.5 Å². The second-order valence-corrected chi connectivity index (χ2v) is 10.5. The van der Waals surface area contributed by atoms with Crippen LogP contribution in [-0.2, 0) is 0 Å². The lowest BCUT2D eigenvalue weighted by atomic mass is 9.59. The summed E-state index contributed by atoms with van der Waals surface area (Å²) in [4.78, 5) is 5.23. The SMILES string of the molecule is CN1CCC(CC(C)(C)CC(C)(C)C2CN3CCC2CC3)CC1. The van der Waals surface area contributed by atoms with Gasteiger partial charge in [-0.05, 0) is 100 Å². The van der Waals surface area contributed by atoms with Crippen LogP contribution in [-0.4, -0.2) is 49.6 Å². The van der Waals surface area contributed by atoms with Gasteiger partial charge in [0, 0.05) is 6.54 Å². The first-order valence-corrected chi connectivity index (χ1v) is 10.2. The van der Waals surface area contributed by atoms with Gasteiger partial charge >= 0.3 is 0 Å². The Morgan fingerprint density at radius 1 is 0.870 bits per heavy atom. The fourth-order valence-corrected chi connectivity index (χ4v) is 6.33. The number of hydrogen-bond donors (Lipinski definition) is 0.